The van der Waals surface area contributed by atoms with E-state index in [2.05, 4.69) is 20.1 Å². The first kappa shape index (κ1) is 30.2. The van der Waals surface area contributed by atoms with E-state index in [1.54, 1.807) is 6.92 Å². The van der Waals surface area contributed by atoms with Gasteiger partial charge in [0, 0.05) is 0 Å². The predicted octanol–water partition coefficient (Wildman–Crippen LogP) is 6.95. The van der Waals surface area contributed by atoms with Crippen LogP contribution in [0.25, 0.3) is 0 Å². The first-order valence-corrected chi connectivity index (χ1v) is 6.29. The molecule has 0 spiro atoms. The Morgan fingerprint density at radius 3 is 1.22 bits per heavy atom. The summed E-state index contributed by atoms with van der Waals surface area (Å²) >= 11 is 0. The van der Waals surface area contributed by atoms with Crippen molar-refractivity contribution in [2.45, 2.75) is 53.9 Å². The fourth-order valence-electron chi connectivity index (χ4n) is 0.0891. The molecule has 112 valence electrons. The van der Waals surface area contributed by atoms with Gasteiger partial charge in [0.15, 0.2) is 0 Å². The average molecular weight is 265 g/mol. The van der Waals surface area contributed by atoms with Crippen LogP contribution in [0.2, 0.25) is 0 Å². The van der Waals surface area contributed by atoms with Crippen molar-refractivity contribution >= 4 is 0 Å². The van der Waals surface area contributed by atoms with Crippen molar-refractivity contribution < 1.29 is 13.2 Å². The summed E-state index contributed by atoms with van der Waals surface area (Å²) in [6.45, 7) is 15.7. The van der Waals surface area contributed by atoms with Gasteiger partial charge >= 0.3 is 0 Å². The van der Waals surface area contributed by atoms with Crippen LogP contribution in [0.5, 0.6) is 0 Å². The molecule has 0 aromatic carbocycles. The number of rotatable bonds is 3. The quantitative estimate of drug-likeness (QED) is 0.484. The fourth-order valence-corrected chi connectivity index (χ4v) is 0.0891. The number of alkyl halides is 1. The van der Waals surface area contributed by atoms with E-state index >= 15 is 0 Å². The Labute approximate surface area is 112 Å². The number of allylic oxidation sites excluding steroid dienone is 2. The molecule has 3 heteroatoms. The van der Waals surface area contributed by atoms with Gasteiger partial charge in [0.05, 0.1) is 19.3 Å². The molecule has 0 aliphatic rings. The molecule has 0 amide bonds. The smallest absolute Gasteiger partial charge is 0.0891 e. The van der Waals surface area contributed by atoms with Crippen LogP contribution in [0.4, 0.5) is 13.2 Å². The van der Waals surface area contributed by atoms with Crippen LogP contribution in [0.1, 0.15) is 53.9 Å². The largest absolute Gasteiger partial charge is 0.251 e. The summed E-state index contributed by atoms with van der Waals surface area (Å²) in [4.78, 5) is 0. The van der Waals surface area contributed by atoms with Crippen LogP contribution < -0.4 is 0 Å². The van der Waals surface area contributed by atoms with E-state index in [-0.39, 0.29) is 13.0 Å². The van der Waals surface area contributed by atoms with Crippen molar-refractivity contribution in [3.8, 4) is 0 Å². The molecule has 0 fully saturated rings. The second kappa shape index (κ2) is 73.4. The molecule has 0 aromatic heterocycles. The summed E-state index contributed by atoms with van der Waals surface area (Å²) in [7, 11) is 0. The summed E-state index contributed by atoms with van der Waals surface area (Å²) in [5.41, 5.74) is 0. The zero-order valence-corrected chi connectivity index (χ0v) is 12.7. The van der Waals surface area contributed by atoms with Crippen LogP contribution in [0.3, 0.4) is 0 Å². The lowest BCUT2D eigenvalue weighted by molar-refractivity contribution is 0.487. The van der Waals surface area contributed by atoms with Gasteiger partial charge in [-0.05, 0) is 19.3 Å². The molecule has 18 heavy (non-hydrogen) atoms. The first-order valence-electron chi connectivity index (χ1n) is 6.29. The molecular weight excluding hydrogens is 234 g/mol. The van der Waals surface area contributed by atoms with Crippen molar-refractivity contribution in [2.75, 3.05) is 6.67 Å². The molecule has 0 bridgehead atoms. The lowest BCUT2D eigenvalue weighted by Crippen LogP contribution is -1.58. The van der Waals surface area contributed by atoms with Gasteiger partial charge in [0.25, 0.3) is 0 Å². The molecule has 0 saturated carbocycles. The van der Waals surface area contributed by atoms with Gasteiger partial charge in [-0.1, -0.05) is 53.3 Å². The summed E-state index contributed by atoms with van der Waals surface area (Å²) in [6.07, 6.45) is 6.66. The van der Waals surface area contributed by atoms with Crippen molar-refractivity contribution in [3.63, 3.8) is 0 Å². The zero-order valence-electron chi connectivity index (χ0n) is 12.7. The second-order valence-electron chi connectivity index (χ2n) is 2.31. The summed E-state index contributed by atoms with van der Waals surface area (Å²) in [6, 6.07) is 0. The molecule has 0 aliphatic heterocycles. The molecule has 0 atom stereocenters. The minimum Gasteiger partial charge on any atom is -0.251 e. The van der Waals surface area contributed by atoms with Gasteiger partial charge in [0.1, 0.15) is 0 Å². The third kappa shape index (κ3) is 325. The number of hydrogen-bond acceptors (Lipinski definition) is 0. The third-order valence-electron chi connectivity index (χ3n) is 0.802. The molecule has 0 rings (SSSR count). The Bertz CT molecular complexity index is 119. The molecule has 0 nitrogen and oxygen atoms in total. The number of halogens is 3. The van der Waals surface area contributed by atoms with Gasteiger partial charge in [0.2, 0.25) is 0 Å². The molecule has 0 radical (unpaired) electrons. The van der Waals surface area contributed by atoms with Crippen LogP contribution in [0.15, 0.2) is 38.0 Å². The molecule has 0 N–H and O–H groups in total. The maximum Gasteiger partial charge on any atom is 0.0891 e. The van der Waals surface area contributed by atoms with E-state index in [4.69, 9.17) is 0 Å². The number of hydrogen-bond donors (Lipinski definition) is 0. The van der Waals surface area contributed by atoms with Crippen molar-refractivity contribution in [1.29, 1.82) is 0 Å². The second-order valence-corrected chi connectivity index (χ2v) is 2.31. The highest BCUT2D eigenvalue weighted by Crippen LogP contribution is 1.76. The van der Waals surface area contributed by atoms with E-state index in [1.807, 2.05) is 26.8 Å². The van der Waals surface area contributed by atoms with Crippen LogP contribution in [0, 0.1) is 0 Å². The Kier molecular flexibility index (Phi) is 123. The topological polar surface area (TPSA) is 0 Å². The van der Waals surface area contributed by atoms with E-state index in [9.17, 15) is 13.2 Å². The predicted molar refractivity (Wildman–Crippen MR) is 79.9 cm³/mol. The fraction of sp³-hybridized carbons (Fsp3) is 0.600. The van der Waals surface area contributed by atoms with E-state index < -0.39 is 0 Å². The third-order valence-corrected chi connectivity index (χ3v) is 0.802. The molecule has 0 aromatic rings. The Morgan fingerprint density at radius 1 is 0.944 bits per heavy atom. The van der Waals surface area contributed by atoms with E-state index in [0.717, 1.165) is 12.8 Å². The van der Waals surface area contributed by atoms with Crippen LogP contribution >= 0.6 is 0 Å². The molecule has 0 unspecified atom stereocenters. The van der Waals surface area contributed by atoms with Gasteiger partial charge in [-0.25, -0.2) is 8.78 Å². The van der Waals surface area contributed by atoms with Crippen LogP contribution in [-0.4, -0.2) is 6.67 Å². The first-order chi connectivity index (χ1) is 8.66. The summed E-state index contributed by atoms with van der Waals surface area (Å²) in [5, 5.41) is 0. The summed E-state index contributed by atoms with van der Waals surface area (Å²) < 4.78 is 31.6. The average Bonchev–Trinajstić information content (AvgIpc) is 2.43. The maximum absolute atomic E-state index is 10.8. The Hall–Kier alpha value is -0.990. The minimum absolute atomic E-state index is 0.181. The lowest BCUT2D eigenvalue weighted by atomic mass is 10.5. The Balaban J connectivity index is -0.0000000404. The van der Waals surface area contributed by atoms with Crippen molar-refractivity contribution in [1.82, 2.24) is 0 Å². The van der Waals surface area contributed by atoms with Crippen LogP contribution in [-0.2, 0) is 0 Å². The Morgan fingerprint density at radius 2 is 1.22 bits per heavy atom. The maximum atomic E-state index is 10.8. The molecule has 0 aliphatic carbocycles. The molecule has 0 heterocycles. The molecule has 0 saturated heterocycles. The van der Waals surface area contributed by atoms with E-state index in [0.29, 0.717) is 12.8 Å². The standard InChI is InChI=1S/C4H7F.C4H8.C3H7F.C2H3F.C2H6/c1-2-3-4-5;1-3-4-2;1-2-3-4;1-2-3;1-2/h3-4H,2H2,1H3;3H,1,4H2,2H3;2-3H2,1H3;2H,1H2;1-2H3/b4-3+;;;;/i5-1;;4-1;3-1;. The highest BCUT2D eigenvalue weighted by atomic mass is 18.2. The normalized spacial score (nSPS) is 6.89. The van der Waals surface area contributed by atoms with Gasteiger partial charge in [-0.2, -0.15) is 0 Å². The minimum atomic E-state index is -0.181. The monoisotopic (exact) mass is 265 g/mol. The van der Waals surface area contributed by atoms with E-state index in [1.165, 1.54) is 6.08 Å². The molecular formula is C15H31F3. The highest BCUT2D eigenvalue weighted by molar-refractivity contribution is 4.67. The highest BCUT2D eigenvalue weighted by Gasteiger charge is 1.60. The van der Waals surface area contributed by atoms with Crippen molar-refractivity contribution in [2.24, 2.45) is 0 Å². The van der Waals surface area contributed by atoms with Gasteiger partial charge in [-0.3, -0.25) is 4.39 Å². The lowest BCUT2D eigenvalue weighted by Gasteiger charge is -1.64. The SMILES string of the molecule is C=CCC.C=C[18F].CC.CC/C=C/[18F].CCC[18F]. The van der Waals surface area contributed by atoms with Gasteiger partial charge < -0.3 is 0 Å². The van der Waals surface area contributed by atoms with Gasteiger partial charge in [-0.15, -0.1) is 6.58 Å². The zero-order chi connectivity index (χ0) is 15.7. The van der Waals surface area contributed by atoms with Crippen molar-refractivity contribution in [3.05, 3.63) is 38.0 Å². The summed E-state index contributed by atoms with van der Waals surface area (Å²) in [5.74, 6) is 0.